The average molecular weight is 432 g/mol. The highest BCUT2D eigenvalue weighted by Gasteiger charge is 2.22. The molecular formula is C18H16N4O5S2. The van der Waals surface area contributed by atoms with Crippen molar-refractivity contribution in [3.63, 3.8) is 0 Å². The maximum Gasteiger partial charge on any atom is 0.369 e. The lowest BCUT2D eigenvalue weighted by atomic mass is 10.1. The Kier molecular flexibility index (Phi) is 5.89. The highest BCUT2D eigenvalue weighted by Crippen LogP contribution is 2.20. The molecule has 11 heteroatoms. The molecule has 0 saturated heterocycles. The van der Waals surface area contributed by atoms with E-state index in [-0.39, 0.29) is 21.2 Å². The maximum atomic E-state index is 12.5. The number of aromatic carboxylic acids is 1. The Morgan fingerprint density at radius 3 is 2.34 bits per heavy atom. The summed E-state index contributed by atoms with van der Waals surface area (Å²) < 4.78 is 27.3. The van der Waals surface area contributed by atoms with Crippen molar-refractivity contribution in [1.82, 2.24) is 5.10 Å². The molecule has 0 aliphatic rings. The van der Waals surface area contributed by atoms with Crippen LogP contribution in [0.2, 0.25) is 0 Å². The molecule has 0 bridgehead atoms. The topological polar surface area (TPSA) is 142 Å². The van der Waals surface area contributed by atoms with Crippen molar-refractivity contribution in [2.24, 2.45) is 0 Å². The van der Waals surface area contributed by atoms with Crippen LogP contribution in [0.5, 0.6) is 0 Å². The number of hydrogen-bond acceptors (Lipinski definition) is 7. The van der Waals surface area contributed by atoms with E-state index in [0.717, 1.165) is 5.01 Å². The molecule has 0 aliphatic heterocycles. The first-order chi connectivity index (χ1) is 13.8. The van der Waals surface area contributed by atoms with E-state index in [9.17, 15) is 23.1 Å². The highest BCUT2D eigenvalue weighted by atomic mass is 32.2. The fourth-order valence-electron chi connectivity index (χ4n) is 2.43. The predicted molar refractivity (Wildman–Crippen MR) is 104 cm³/mol. The first-order valence-corrected chi connectivity index (χ1v) is 10.7. The summed E-state index contributed by atoms with van der Waals surface area (Å²) in [6, 6.07) is 11.1. The summed E-state index contributed by atoms with van der Waals surface area (Å²) >= 11 is 1.20. The van der Waals surface area contributed by atoms with E-state index in [4.69, 9.17) is 0 Å². The molecule has 0 unspecified atom stereocenters. The van der Waals surface area contributed by atoms with Crippen molar-refractivity contribution >= 4 is 44.1 Å². The Hall–Kier alpha value is -3.31. The van der Waals surface area contributed by atoms with Crippen molar-refractivity contribution < 1.29 is 28.2 Å². The molecular weight excluding hydrogens is 416 g/mol. The lowest BCUT2D eigenvalue weighted by Crippen LogP contribution is -2.26. The van der Waals surface area contributed by atoms with Gasteiger partial charge in [0.05, 0.1) is 5.97 Å². The molecule has 3 N–H and O–H groups in total. The zero-order valence-electron chi connectivity index (χ0n) is 15.1. The van der Waals surface area contributed by atoms with E-state index in [1.807, 2.05) is 6.92 Å². The molecule has 29 heavy (non-hydrogen) atoms. The molecule has 1 heterocycles. The van der Waals surface area contributed by atoms with Crippen molar-refractivity contribution in [1.29, 1.82) is 0 Å². The van der Waals surface area contributed by atoms with E-state index in [0.29, 0.717) is 12.1 Å². The second-order valence-electron chi connectivity index (χ2n) is 5.82. The quantitative estimate of drug-likeness (QED) is 0.569. The van der Waals surface area contributed by atoms with Crippen LogP contribution in [0.3, 0.4) is 0 Å². The van der Waals surface area contributed by atoms with Gasteiger partial charge in [0.25, 0.3) is 5.91 Å². The van der Waals surface area contributed by atoms with Gasteiger partial charge in [0.2, 0.25) is 0 Å². The van der Waals surface area contributed by atoms with Crippen LogP contribution >= 0.6 is 11.3 Å². The molecule has 1 amide bonds. The van der Waals surface area contributed by atoms with Gasteiger partial charge in [-0.3, -0.25) is 4.79 Å². The minimum atomic E-state index is -3.83. The van der Waals surface area contributed by atoms with Gasteiger partial charge in [-0.2, -0.15) is 13.1 Å². The Morgan fingerprint density at radius 1 is 1.10 bits per heavy atom. The first kappa shape index (κ1) is 20.4. The van der Waals surface area contributed by atoms with E-state index in [1.54, 1.807) is 0 Å². The van der Waals surface area contributed by atoms with Crippen LogP contribution < -0.4 is 20.2 Å². The first-order valence-electron chi connectivity index (χ1n) is 8.42. The van der Waals surface area contributed by atoms with Crippen molar-refractivity contribution in [2.75, 3.05) is 10.0 Å². The number of anilines is 2. The Bertz CT molecular complexity index is 1160. The number of nitrogens with zero attached hydrogens (tertiary/aromatic N) is 1. The number of hydrogen-bond donors (Lipinski definition) is 2. The predicted octanol–water partition coefficient (Wildman–Crippen LogP) is 0.936. The maximum absolute atomic E-state index is 12.5. The molecule has 2 aromatic carbocycles. The molecule has 0 aliphatic carbocycles. The van der Waals surface area contributed by atoms with E-state index < -0.39 is 21.9 Å². The molecule has 9 nitrogen and oxygen atoms in total. The zero-order chi connectivity index (χ0) is 21.0. The number of aromatic nitrogens is 2. The third-order valence-corrected chi connectivity index (χ3v) is 6.35. The number of nitrogens with one attached hydrogen (secondary N) is 3. The van der Waals surface area contributed by atoms with Gasteiger partial charge < -0.3 is 15.2 Å². The summed E-state index contributed by atoms with van der Waals surface area (Å²) in [6.45, 7) is 1.91. The smallest absolute Gasteiger partial charge is 0.369 e. The van der Waals surface area contributed by atoms with Gasteiger partial charge in [-0.05, 0) is 41.7 Å². The third-order valence-electron chi connectivity index (χ3n) is 3.85. The number of aryl methyl sites for hydroxylation is 1. The second-order valence-corrected chi connectivity index (χ2v) is 8.59. The molecule has 0 spiro atoms. The fraction of sp³-hybridized carbons (Fsp3) is 0.111. The fourth-order valence-corrected chi connectivity index (χ4v) is 4.39. The number of sulfonamides is 1. The molecule has 0 atom stereocenters. The number of amides is 1. The van der Waals surface area contributed by atoms with Crippen LogP contribution in [0, 0.1) is 0 Å². The van der Waals surface area contributed by atoms with Crippen LogP contribution in [0.1, 0.15) is 32.6 Å². The van der Waals surface area contributed by atoms with Crippen LogP contribution in [-0.4, -0.2) is 25.4 Å². The molecule has 1 aromatic heterocycles. The number of carbonyl (C=O) groups excluding carboxylic acids is 2. The lowest BCUT2D eigenvalue weighted by molar-refractivity contribution is -0.432. The number of H-pyrrole nitrogens is 1. The summed E-state index contributed by atoms with van der Waals surface area (Å²) in [5.41, 5.74) is 0.0127. The lowest BCUT2D eigenvalue weighted by Gasteiger charge is -2.11. The number of carbonyl (C=O) groups is 2. The summed E-state index contributed by atoms with van der Waals surface area (Å²) in [5.74, 6) is -2.11. The third kappa shape index (κ3) is 4.76. The van der Waals surface area contributed by atoms with E-state index >= 15 is 0 Å². The number of rotatable bonds is 7. The van der Waals surface area contributed by atoms with Crippen molar-refractivity contribution in [3.8, 4) is 0 Å². The number of carboxylic acid groups (broad SMARTS) is 1. The number of carboxylic acids is 1. The summed E-state index contributed by atoms with van der Waals surface area (Å²) in [4.78, 5) is 23.5. The molecule has 0 radical (unpaired) electrons. The van der Waals surface area contributed by atoms with Gasteiger partial charge in [-0.1, -0.05) is 30.2 Å². The molecule has 0 saturated carbocycles. The Balaban J connectivity index is 1.74. The Morgan fingerprint density at radius 2 is 1.76 bits per heavy atom. The average Bonchev–Trinajstić information content (AvgIpc) is 3.15. The van der Waals surface area contributed by atoms with Gasteiger partial charge in [-0.15, -0.1) is 5.10 Å². The molecule has 0 fully saturated rings. The van der Waals surface area contributed by atoms with Crippen LogP contribution in [0.15, 0.2) is 53.4 Å². The van der Waals surface area contributed by atoms with Gasteiger partial charge in [-0.25, -0.2) is 0 Å². The minimum absolute atomic E-state index is 0.00881. The van der Waals surface area contributed by atoms with E-state index in [2.05, 4.69) is 20.2 Å². The highest BCUT2D eigenvalue weighted by molar-refractivity contribution is 7.93. The monoisotopic (exact) mass is 432 g/mol. The van der Waals surface area contributed by atoms with Crippen LogP contribution in [0.25, 0.3) is 0 Å². The van der Waals surface area contributed by atoms with Crippen LogP contribution in [0.4, 0.5) is 10.8 Å². The largest absolute Gasteiger partial charge is 0.545 e. The van der Waals surface area contributed by atoms with Gasteiger partial charge in [0.1, 0.15) is 9.90 Å². The van der Waals surface area contributed by atoms with Crippen molar-refractivity contribution in [3.05, 3.63) is 64.7 Å². The molecule has 3 rings (SSSR count). The molecule has 3 aromatic rings. The SMILES string of the molecule is CCc1n[nH+]c(NS(=O)(=O)c2ccc(NC(=O)c3ccccc3C(=O)[O-])cc2)s1. The second kappa shape index (κ2) is 8.37. The minimum Gasteiger partial charge on any atom is -0.545 e. The van der Waals surface area contributed by atoms with Crippen LogP contribution in [-0.2, 0) is 16.4 Å². The Labute approximate surface area is 170 Å². The van der Waals surface area contributed by atoms with Gasteiger partial charge >= 0.3 is 15.2 Å². The number of aromatic amines is 1. The normalized spacial score (nSPS) is 11.1. The van der Waals surface area contributed by atoms with Crippen molar-refractivity contribution in [2.45, 2.75) is 18.2 Å². The van der Waals surface area contributed by atoms with Gasteiger partial charge in [0.15, 0.2) is 0 Å². The molecule has 150 valence electrons. The summed E-state index contributed by atoms with van der Waals surface area (Å²) in [7, 11) is -3.83. The van der Waals surface area contributed by atoms with E-state index in [1.165, 1.54) is 59.9 Å². The standard InChI is InChI=1S/C18H16N4O5S2/c1-2-15-20-21-18(28-15)22-29(26,27)12-9-7-11(8-10-12)19-16(23)13-5-3-4-6-14(13)17(24)25/h3-10H,2H2,1H3,(H,19,23)(H,21,22)(H,24,25). The van der Waals surface area contributed by atoms with Gasteiger partial charge in [0, 0.05) is 23.2 Å². The summed E-state index contributed by atoms with van der Waals surface area (Å²) in [5, 5.41) is 21.3. The number of benzene rings is 2. The zero-order valence-corrected chi connectivity index (χ0v) is 16.8. The summed E-state index contributed by atoms with van der Waals surface area (Å²) in [6.07, 6.45) is 0.679.